The molecule has 0 aliphatic rings. The first-order valence-electron chi connectivity index (χ1n) is 8.13. The van der Waals surface area contributed by atoms with Crippen LogP contribution in [0.3, 0.4) is 0 Å². The third-order valence-corrected chi connectivity index (χ3v) is 3.60. The summed E-state index contributed by atoms with van der Waals surface area (Å²) in [5, 5.41) is 5.44. The first-order chi connectivity index (χ1) is 11.9. The molecule has 0 saturated carbocycles. The topological polar surface area (TPSA) is 93.7 Å². The van der Waals surface area contributed by atoms with E-state index in [0.717, 1.165) is 0 Å². The van der Waals surface area contributed by atoms with Gasteiger partial charge in [0.15, 0.2) is 0 Å². The number of carbonyl (C=O) groups is 3. The van der Waals surface area contributed by atoms with Gasteiger partial charge in [0, 0.05) is 0 Å². The lowest BCUT2D eigenvalue weighted by molar-refractivity contribution is -0.119. The lowest BCUT2D eigenvalue weighted by Gasteiger charge is -2.25. The van der Waals surface area contributed by atoms with E-state index in [9.17, 15) is 14.4 Å². The van der Waals surface area contributed by atoms with Crippen LogP contribution < -0.4 is 10.6 Å². The van der Waals surface area contributed by atoms with Crippen molar-refractivity contribution in [3.05, 3.63) is 28.8 Å². The molecule has 1 unspecified atom stereocenters. The molecule has 144 valence electrons. The second-order valence-corrected chi connectivity index (χ2v) is 7.45. The largest absolute Gasteiger partial charge is 0.465 e. The number of ether oxygens (including phenoxy) is 2. The monoisotopic (exact) mass is 384 g/mol. The number of carbonyl (C=O) groups excluding carboxylic acids is 3. The average Bonchev–Trinajstić information content (AvgIpc) is 2.51. The van der Waals surface area contributed by atoms with E-state index in [1.807, 2.05) is 0 Å². The van der Waals surface area contributed by atoms with Crippen LogP contribution in [0.4, 0.5) is 10.5 Å². The number of halogens is 1. The zero-order valence-electron chi connectivity index (χ0n) is 15.8. The fourth-order valence-electron chi connectivity index (χ4n) is 2.05. The summed E-state index contributed by atoms with van der Waals surface area (Å²) in [6.07, 6.45) is -0.694. The van der Waals surface area contributed by atoms with E-state index < -0.39 is 29.6 Å². The van der Waals surface area contributed by atoms with E-state index in [0.29, 0.717) is 0 Å². The van der Waals surface area contributed by atoms with Crippen molar-refractivity contribution in [3.8, 4) is 0 Å². The Morgan fingerprint density at radius 2 is 1.77 bits per heavy atom. The molecule has 1 rings (SSSR count). The second kappa shape index (κ2) is 8.89. The summed E-state index contributed by atoms with van der Waals surface area (Å²) in [5.41, 5.74) is -0.190. The smallest absolute Gasteiger partial charge is 0.408 e. The molecule has 0 saturated heterocycles. The summed E-state index contributed by atoms with van der Waals surface area (Å²) in [7, 11) is 1.26. The highest BCUT2D eigenvalue weighted by atomic mass is 35.5. The molecule has 0 aromatic heterocycles. The highest BCUT2D eigenvalue weighted by Crippen LogP contribution is 2.24. The molecule has 0 radical (unpaired) electrons. The molecule has 0 aliphatic heterocycles. The van der Waals surface area contributed by atoms with Crippen LogP contribution in [0.25, 0.3) is 0 Å². The number of hydrogen-bond acceptors (Lipinski definition) is 5. The molecule has 2 N–H and O–H groups in total. The predicted molar refractivity (Wildman–Crippen MR) is 99.4 cm³/mol. The van der Waals surface area contributed by atoms with Crippen molar-refractivity contribution in [1.29, 1.82) is 0 Å². The lowest BCUT2D eigenvalue weighted by Crippen LogP contribution is -2.48. The van der Waals surface area contributed by atoms with Gasteiger partial charge in [0.2, 0.25) is 5.91 Å². The number of methoxy groups -OCH3 is 1. The van der Waals surface area contributed by atoms with Gasteiger partial charge in [-0.3, -0.25) is 4.79 Å². The van der Waals surface area contributed by atoms with Crippen LogP contribution in [0.2, 0.25) is 5.02 Å². The van der Waals surface area contributed by atoms with E-state index in [1.165, 1.54) is 25.3 Å². The summed E-state index contributed by atoms with van der Waals surface area (Å²) < 4.78 is 9.84. The molecule has 26 heavy (non-hydrogen) atoms. The Kier molecular flexibility index (Phi) is 7.44. The highest BCUT2D eigenvalue weighted by Gasteiger charge is 2.27. The Balaban J connectivity index is 2.94. The Labute approximate surface area is 158 Å². The van der Waals surface area contributed by atoms with Gasteiger partial charge >= 0.3 is 12.1 Å². The van der Waals surface area contributed by atoms with E-state index in [1.54, 1.807) is 34.6 Å². The minimum atomic E-state index is -0.845. The zero-order valence-corrected chi connectivity index (χ0v) is 16.6. The van der Waals surface area contributed by atoms with Gasteiger partial charge in [-0.2, -0.15) is 0 Å². The van der Waals surface area contributed by atoms with Crippen LogP contribution >= 0.6 is 11.6 Å². The van der Waals surface area contributed by atoms with E-state index in [-0.39, 0.29) is 22.2 Å². The number of rotatable bonds is 5. The average molecular weight is 385 g/mol. The number of benzene rings is 1. The van der Waals surface area contributed by atoms with Gasteiger partial charge in [0.25, 0.3) is 0 Å². The van der Waals surface area contributed by atoms with E-state index >= 15 is 0 Å². The summed E-state index contributed by atoms with van der Waals surface area (Å²) >= 11 is 6.09. The van der Waals surface area contributed by atoms with Crippen molar-refractivity contribution >= 4 is 35.3 Å². The molecule has 8 heteroatoms. The molecular formula is C18H25ClN2O5. The Hall–Kier alpha value is -2.28. The van der Waals surface area contributed by atoms with Crippen LogP contribution in [0.15, 0.2) is 18.2 Å². The van der Waals surface area contributed by atoms with Crippen molar-refractivity contribution in [3.63, 3.8) is 0 Å². The molecule has 0 heterocycles. The molecule has 7 nitrogen and oxygen atoms in total. The summed E-state index contributed by atoms with van der Waals surface area (Å²) in [6, 6.07) is 3.54. The van der Waals surface area contributed by atoms with Crippen LogP contribution in [-0.2, 0) is 14.3 Å². The van der Waals surface area contributed by atoms with Gasteiger partial charge in [-0.1, -0.05) is 25.4 Å². The molecule has 0 aliphatic carbocycles. The summed E-state index contributed by atoms with van der Waals surface area (Å²) in [6.45, 7) is 8.77. The standard InChI is InChI=1S/C18H25ClN2O5/c1-10(2)14(21-17(24)26-18(3,4)5)15(22)20-13-9-11(16(23)25-6)7-8-12(13)19/h7-10,14H,1-6H3,(H,20,22)(H,21,24). The second-order valence-electron chi connectivity index (χ2n) is 7.04. The SMILES string of the molecule is COC(=O)c1ccc(Cl)c(NC(=O)C(NC(=O)OC(C)(C)C)C(C)C)c1. The van der Waals surface area contributed by atoms with E-state index in [2.05, 4.69) is 15.4 Å². The van der Waals surface area contributed by atoms with Gasteiger partial charge in [0.05, 0.1) is 23.4 Å². The molecule has 0 spiro atoms. The molecule has 1 atom stereocenters. The number of alkyl carbamates (subject to hydrolysis) is 1. The molecule has 2 amide bonds. The van der Waals surface area contributed by atoms with Crippen molar-refractivity contribution in [2.45, 2.75) is 46.3 Å². The number of anilines is 1. The van der Waals surface area contributed by atoms with Gasteiger partial charge < -0.3 is 20.1 Å². The lowest BCUT2D eigenvalue weighted by atomic mass is 10.0. The van der Waals surface area contributed by atoms with Crippen molar-refractivity contribution < 1.29 is 23.9 Å². The number of esters is 1. The number of nitrogens with one attached hydrogen (secondary N) is 2. The maximum atomic E-state index is 12.6. The fraction of sp³-hybridized carbons (Fsp3) is 0.500. The first kappa shape index (κ1) is 21.8. The quantitative estimate of drug-likeness (QED) is 0.756. The van der Waals surface area contributed by atoms with E-state index in [4.69, 9.17) is 16.3 Å². The van der Waals surface area contributed by atoms with Crippen LogP contribution in [0.1, 0.15) is 45.0 Å². The number of amides is 2. The third kappa shape index (κ3) is 6.55. The summed E-state index contributed by atoms with van der Waals surface area (Å²) in [5.74, 6) is -1.23. The van der Waals surface area contributed by atoms with Crippen LogP contribution in [0, 0.1) is 5.92 Å². The molecule has 0 fully saturated rings. The Bertz CT molecular complexity index is 683. The molecular weight excluding hydrogens is 360 g/mol. The minimum absolute atomic E-state index is 0.204. The minimum Gasteiger partial charge on any atom is -0.465 e. The first-order valence-corrected chi connectivity index (χ1v) is 8.50. The summed E-state index contributed by atoms with van der Waals surface area (Å²) in [4.78, 5) is 36.2. The number of hydrogen-bond donors (Lipinski definition) is 2. The van der Waals surface area contributed by atoms with Crippen molar-refractivity contribution in [1.82, 2.24) is 5.32 Å². The Morgan fingerprint density at radius 3 is 2.27 bits per heavy atom. The maximum absolute atomic E-state index is 12.6. The Morgan fingerprint density at radius 1 is 1.15 bits per heavy atom. The highest BCUT2D eigenvalue weighted by molar-refractivity contribution is 6.34. The zero-order chi connectivity index (χ0) is 20.1. The normalized spacial score (nSPS) is 12.3. The maximum Gasteiger partial charge on any atom is 0.408 e. The van der Waals surface area contributed by atoms with Crippen molar-refractivity contribution in [2.24, 2.45) is 5.92 Å². The molecule has 1 aromatic carbocycles. The predicted octanol–water partition coefficient (Wildman–Crippen LogP) is 3.61. The van der Waals surface area contributed by atoms with Crippen LogP contribution in [-0.4, -0.2) is 36.7 Å². The van der Waals surface area contributed by atoms with Gasteiger partial charge in [-0.05, 0) is 44.9 Å². The fourth-order valence-corrected chi connectivity index (χ4v) is 2.21. The third-order valence-electron chi connectivity index (χ3n) is 3.27. The van der Waals surface area contributed by atoms with Crippen molar-refractivity contribution in [2.75, 3.05) is 12.4 Å². The molecule has 0 bridgehead atoms. The van der Waals surface area contributed by atoms with Gasteiger partial charge in [-0.15, -0.1) is 0 Å². The van der Waals surface area contributed by atoms with Gasteiger partial charge in [0.1, 0.15) is 11.6 Å². The van der Waals surface area contributed by atoms with Gasteiger partial charge in [-0.25, -0.2) is 9.59 Å². The van der Waals surface area contributed by atoms with Crippen LogP contribution in [0.5, 0.6) is 0 Å². The molecule has 1 aromatic rings.